The quantitative estimate of drug-likeness (QED) is 0.502. The van der Waals surface area contributed by atoms with E-state index in [0.717, 1.165) is 19.1 Å². The zero-order valence-corrected chi connectivity index (χ0v) is 17.5. The molecule has 1 spiro atoms. The summed E-state index contributed by atoms with van der Waals surface area (Å²) in [4.78, 5) is 14.7. The standard InChI is InChI=1S/C24H35NO3/c1-15-17-5-6-19-23(13-17,20(15)28-16(2)26)10-7-18-22(3)8-4-9-24(18,19)21-25(14-22)11-12-27-21/h17-21H,1,4-14H2,2-3H3/t17?,18-,19-,20-,21?,22+,23-,24+/m1/s1. The lowest BCUT2D eigenvalue weighted by Gasteiger charge is -2.70. The van der Waals surface area contributed by atoms with E-state index in [2.05, 4.69) is 18.4 Å². The summed E-state index contributed by atoms with van der Waals surface area (Å²) in [6.07, 6.45) is 10.4. The number of hydrogen-bond donors (Lipinski definition) is 0. The minimum absolute atomic E-state index is 0.0669. The zero-order valence-electron chi connectivity index (χ0n) is 17.5. The smallest absolute Gasteiger partial charge is 0.303 e. The lowest BCUT2D eigenvalue weighted by atomic mass is 9.38. The highest BCUT2D eigenvalue weighted by Gasteiger charge is 2.73. The third kappa shape index (κ3) is 1.97. The average molecular weight is 386 g/mol. The number of esters is 1. The van der Waals surface area contributed by atoms with Crippen molar-refractivity contribution in [2.45, 2.75) is 77.5 Å². The van der Waals surface area contributed by atoms with Crippen molar-refractivity contribution < 1.29 is 14.3 Å². The summed E-state index contributed by atoms with van der Waals surface area (Å²) in [5.74, 6) is 1.77. The van der Waals surface area contributed by atoms with Crippen molar-refractivity contribution in [3.05, 3.63) is 12.2 Å². The van der Waals surface area contributed by atoms with Crippen LogP contribution in [-0.4, -0.2) is 42.9 Å². The number of piperidine rings is 1. The van der Waals surface area contributed by atoms with Crippen LogP contribution < -0.4 is 0 Å². The van der Waals surface area contributed by atoms with Gasteiger partial charge in [0.25, 0.3) is 0 Å². The molecular weight excluding hydrogens is 350 g/mol. The van der Waals surface area contributed by atoms with Crippen LogP contribution in [0.1, 0.15) is 65.2 Å². The normalized spacial score (nSPS) is 54.6. The Balaban J connectivity index is 1.50. The maximum absolute atomic E-state index is 12.0. The molecule has 8 atom stereocenters. The van der Waals surface area contributed by atoms with Crippen molar-refractivity contribution in [2.24, 2.45) is 34.0 Å². The number of rotatable bonds is 1. The molecule has 2 unspecified atom stereocenters. The van der Waals surface area contributed by atoms with Crippen molar-refractivity contribution in [3.8, 4) is 0 Å². The molecule has 4 nitrogen and oxygen atoms in total. The monoisotopic (exact) mass is 385 g/mol. The molecule has 6 aliphatic rings. The van der Waals surface area contributed by atoms with Crippen LogP contribution in [0.3, 0.4) is 0 Å². The molecule has 4 heteroatoms. The van der Waals surface area contributed by atoms with Gasteiger partial charge in [-0.3, -0.25) is 9.69 Å². The second-order valence-corrected chi connectivity index (χ2v) is 11.2. The second kappa shape index (κ2) is 5.63. The van der Waals surface area contributed by atoms with Crippen molar-refractivity contribution in [1.29, 1.82) is 0 Å². The predicted octanol–water partition coefficient (Wildman–Crippen LogP) is 4.15. The van der Waals surface area contributed by atoms with Gasteiger partial charge in [-0.1, -0.05) is 19.9 Å². The summed E-state index contributed by atoms with van der Waals surface area (Å²) in [6.45, 7) is 11.8. The van der Waals surface area contributed by atoms with E-state index in [0.29, 0.717) is 17.3 Å². The Labute approximate surface area is 169 Å². The summed E-state index contributed by atoms with van der Waals surface area (Å²) in [6, 6.07) is 0. The van der Waals surface area contributed by atoms with Gasteiger partial charge in [-0.15, -0.1) is 0 Å². The number of fused-ring (bicyclic) bond motifs is 2. The van der Waals surface area contributed by atoms with E-state index in [1.165, 1.54) is 63.5 Å². The molecule has 154 valence electrons. The molecule has 4 aliphatic carbocycles. The number of carbonyl (C=O) groups is 1. The van der Waals surface area contributed by atoms with Gasteiger partial charge in [0.1, 0.15) is 12.3 Å². The molecule has 2 aliphatic heterocycles. The van der Waals surface area contributed by atoms with E-state index in [9.17, 15) is 4.79 Å². The first-order valence-electron chi connectivity index (χ1n) is 11.6. The Hall–Kier alpha value is -0.870. The van der Waals surface area contributed by atoms with Crippen LogP contribution >= 0.6 is 0 Å². The van der Waals surface area contributed by atoms with E-state index in [-0.39, 0.29) is 29.1 Å². The molecule has 6 fully saturated rings. The van der Waals surface area contributed by atoms with Crippen molar-refractivity contribution in [3.63, 3.8) is 0 Å². The Morgan fingerprint density at radius 1 is 1.21 bits per heavy atom. The highest BCUT2D eigenvalue weighted by molar-refractivity contribution is 5.67. The van der Waals surface area contributed by atoms with E-state index < -0.39 is 0 Å². The molecule has 6 rings (SSSR count). The van der Waals surface area contributed by atoms with Crippen molar-refractivity contribution in [2.75, 3.05) is 19.7 Å². The fourth-order valence-electron chi connectivity index (χ4n) is 9.64. The summed E-state index contributed by atoms with van der Waals surface area (Å²) >= 11 is 0. The van der Waals surface area contributed by atoms with Crippen LogP contribution in [0, 0.1) is 34.0 Å². The van der Waals surface area contributed by atoms with Gasteiger partial charge in [-0.05, 0) is 73.7 Å². The van der Waals surface area contributed by atoms with Crippen LogP contribution in [0.15, 0.2) is 12.2 Å². The Bertz CT molecular complexity index is 735. The molecule has 0 N–H and O–H groups in total. The van der Waals surface area contributed by atoms with Crippen LogP contribution in [0.5, 0.6) is 0 Å². The molecule has 0 aromatic carbocycles. The van der Waals surface area contributed by atoms with Gasteiger partial charge in [0.2, 0.25) is 0 Å². The Kier molecular flexibility index (Phi) is 3.61. The Morgan fingerprint density at radius 2 is 2.07 bits per heavy atom. The Morgan fingerprint density at radius 3 is 2.89 bits per heavy atom. The van der Waals surface area contributed by atoms with Crippen LogP contribution in [-0.2, 0) is 14.3 Å². The van der Waals surface area contributed by atoms with Crippen LogP contribution in [0.2, 0.25) is 0 Å². The van der Waals surface area contributed by atoms with Crippen molar-refractivity contribution >= 4 is 5.97 Å². The molecule has 0 amide bonds. The first kappa shape index (κ1) is 17.9. The minimum Gasteiger partial charge on any atom is -0.457 e. The highest BCUT2D eigenvalue weighted by atomic mass is 16.5. The number of carbonyl (C=O) groups excluding carboxylic acids is 1. The SMILES string of the molecule is C=C1C2CC[C@@H]3[C@@](CC[C@@H]4[C@@]5(C)CCC[C@]43C3OCCN3C5)(C2)[C@@H]1OC(C)=O. The van der Waals surface area contributed by atoms with E-state index >= 15 is 0 Å². The van der Waals surface area contributed by atoms with E-state index in [1.54, 1.807) is 6.92 Å². The third-order valence-electron chi connectivity index (χ3n) is 10.2. The number of ether oxygens (including phenoxy) is 2. The third-order valence-corrected chi connectivity index (χ3v) is 10.2. The molecule has 4 saturated carbocycles. The first-order chi connectivity index (χ1) is 13.4. The molecule has 0 aromatic heterocycles. The molecule has 2 saturated heterocycles. The maximum Gasteiger partial charge on any atom is 0.303 e. The van der Waals surface area contributed by atoms with Gasteiger partial charge in [0.15, 0.2) is 0 Å². The fourth-order valence-corrected chi connectivity index (χ4v) is 9.64. The molecule has 28 heavy (non-hydrogen) atoms. The zero-order chi connectivity index (χ0) is 19.3. The van der Waals surface area contributed by atoms with Gasteiger partial charge >= 0.3 is 5.97 Å². The van der Waals surface area contributed by atoms with E-state index in [4.69, 9.17) is 9.47 Å². The van der Waals surface area contributed by atoms with Gasteiger partial charge in [0, 0.05) is 30.8 Å². The molecule has 0 aromatic rings. The van der Waals surface area contributed by atoms with Gasteiger partial charge < -0.3 is 9.47 Å². The van der Waals surface area contributed by atoms with Gasteiger partial charge in [0.05, 0.1) is 6.61 Å². The van der Waals surface area contributed by atoms with Gasteiger partial charge in [-0.25, -0.2) is 0 Å². The largest absolute Gasteiger partial charge is 0.457 e. The van der Waals surface area contributed by atoms with Crippen LogP contribution in [0.25, 0.3) is 0 Å². The number of hydrogen-bond acceptors (Lipinski definition) is 4. The summed E-state index contributed by atoms with van der Waals surface area (Å²) < 4.78 is 12.6. The fraction of sp³-hybridized carbons (Fsp3) is 0.875. The molecule has 0 radical (unpaired) electrons. The lowest BCUT2D eigenvalue weighted by Crippen LogP contribution is -2.71. The lowest BCUT2D eigenvalue weighted by molar-refractivity contribution is -0.277. The number of nitrogens with zero attached hydrogens (tertiary/aromatic N) is 1. The highest BCUT2D eigenvalue weighted by Crippen LogP contribution is 2.75. The van der Waals surface area contributed by atoms with Crippen molar-refractivity contribution in [1.82, 2.24) is 4.90 Å². The molecular formula is C24H35NO3. The van der Waals surface area contributed by atoms with E-state index in [1.807, 2.05) is 0 Å². The predicted molar refractivity (Wildman–Crippen MR) is 106 cm³/mol. The maximum atomic E-state index is 12.0. The topological polar surface area (TPSA) is 38.8 Å². The summed E-state index contributed by atoms with van der Waals surface area (Å²) in [7, 11) is 0. The minimum atomic E-state index is -0.137. The molecule has 2 heterocycles. The molecule has 4 bridgehead atoms. The first-order valence-corrected chi connectivity index (χ1v) is 11.6. The van der Waals surface area contributed by atoms with Crippen LogP contribution in [0.4, 0.5) is 0 Å². The average Bonchev–Trinajstić information content (AvgIpc) is 3.18. The summed E-state index contributed by atoms with van der Waals surface area (Å²) in [5, 5.41) is 0. The summed E-state index contributed by atoms with van der Waals surface area (Å²) in [5.41, 5.74) is 1.99. The second-order valence-electron chi connectivity index (χ2n) is 11.2. The van der Waals surface area contributed by atoms with Gasteiger partial charge in [-0.2, -0.15) is 0 Å².